The van der Waals surface area contributed by atoms with E-state index < -0.39 is 0 Å². The number of likely N-dealkylation sites (N-methyl/N-ethyl adjacent to an activating group) is 1. The van der Waals surface area contributed by atoms with Crippen LogP contribution in [0.5, 0.6) is 0 Å². The smallest absolute Gasteiger partial charge is 0.102 e. The topological polar surface area (TPSA) is 39.1 Å². The first kappa shape index (κ1) is 14.2. The van der Waals surface area contributed by atoms with Gasteiger partial charge in [-0.15, -0.1) is 11.8 Å². The lowest BCUT2D eigenvalue weighted by atomic mass is 10.2. The van der Waals surface area contributed by atoms with Gasteiger partial charge in [-0.3, -0.25) is 4.90 Å². The van der Waals surface area contributed by atoms with Gasteiger partial charge < -0.3 is 5.32 Å². The van der Waals surface area contributed by atoms with E-state index in [9.17, 15) is 5.26 Å². The van der Waals surface area contributed by atoms with Gasteiger partial charge in [0.05, 0.1) is 11.3 Å². The Bertz CT molecular complexity index is 477. The molecule has 1 aliphatic carbocycles. The maximum absolute atomic E-state index is 9.29. The summed E-state index contributed by atoms with van der Waals surface area (Å²) in [5.41, 5.74) is 1.71. The van der Waals surface area contributed by atoms with Gasteiger partial charge in [0.1, 0.15) is 6.07 Å². The molecule has 1 saturated carbocycles. The van der Waals surface area contributed by atoms with Crippen LogP contribution in [0, 0.1) is 11.3 Å². The normalized spacial score (nSPS) is 16.2. The molecule has 1 aliphatic rings. The van der Waals surface area contributed by atoms with Crippen LogP contribution in [0.1, 0.15) is 25.3 Å². The van der Waals surface area contributed by atoms with Crippen LogP contribution in [0.25, 0.3) is 0 Å². The van der Waals surface area contributed by atoms with E-state index in [1.54, 1.807) is 11.8 Å². The number of thioether (sulfide) groups is 1. The first-order chi connectivity index (χ1) is 9.17. The number of benzene rings is 1. The molecule has 102 valence electrons. The standard InChI is InChI=1S/C15H21N3S/c1-11(18(2)12-7-8-12)10-17-14-5-4-6-15(19-3)13(14)9-16/h4-6,11-12,17H,7-8,10H2,1-3H3. The Morgan fingerprint density at radius 1 is 1.53 bits per heavy atom. The molecule has 2 rings (SSSR count). The predicted molar refractivity (Wildman–Crippen MR) is 81.7 cm³/mol. The molecule has 0 amide bonds. The van der Waals surface area contributed by atoms with Crippen molar-refractivity contribution in [1.82, 2.24) is 4.90 Å². The molecule has 19 heavy (non-hydrogen) atoms. The summed E-state index contributed by atoms with van der Waals surface area (Å²) in [6.07, 6.45) is 4.65. The quantitative estimate of drug-likeness (QED) is 0.809. The average molecular weight is 275 g/mol. The second kappa shape index (κ2) is 6.31. The average Bonchev–Trinajstić information content (AvgIpc) is 3.27. The Balaban J connectivity index is 2.01. The number of hydrogen-bond acceptors (Lipinski definition) is 4. The molecule has 0 aliphatic heterocycles. The third kappa shape index (κ3) is 3.43. The van der Waals surface area contributed by atoms with Crippen LogP contribution >= 0.6 is 11.8 Å². The lowest BCUT2D eigenvalue weighted by Gasteiger charge is -2.25. The summed E-state index contributed by atoms with van der Waals surface area (Å²) >= 11 is 1.62. The molecule has 0 aromatic heterocycles. The molecule has 0 saturated heterocycles. The minimum Gasteiger partial charge on any atom is -0.382 e. The van der Waals surface area contributed by atoms with Gasteiger partial charge >= 0.3 is 0 Å². The van der Waals surface area contributed by atoms with E-state index >= 15 is 0 Å². The zero-order chi connectivity index (χ0) is 13.8. The molecular weight excluding hydrogens is 254 g/mol. The van der Waals surface area contributed by atoms with Gasteiger partial charge in [0.25, 0.3) is 0 Å². The first-order valence-corrected chi connectivity index (χ1v) is 7.92. The molecule has 0 spiro atoms. The second-order valence-electron chi connectivity index (χ2n) is 5.12. The third-order valence-corrected chi connectivity index (χ3v) is 4.54. The van der Waals surface area contributed by atoms with Gasteiger partial charge in [0, 0.05) is 23.5 Å². The summed E-state index contributed by atoms with van der Waals surface area (Å²) < 4.78 is 0. The number of rotatable bonds is 6. The van der Waals surface area contributed by atoms with Crippen molar-refractivity contribution in [3.8, 4) is 6.07 Å². The molecule has 1 N–H and O–H groups in total. The summed E-state index contributed by atoms with van der Waals surface area (Å²) in [7, 11) is 2.19. The van der Waals surface area contributed by atoms with Crippen molar-refractivity contribution in [2.75, 3.05) is 25.2 Å². The number of nitrogens with zero attached hydrogens (tertiary/aromatic N) is 2. The highest BCUT2D eigenvalue weighted by molar-refractivity contribution is 7.98. The Morgan fingerprint density at radius 2 is 2.26 bits per heavy atom. The van der Waals surface area contributed by atoms with Crippen molar-refractivity contribution >= 4 is 17.4 Å². The molecule has 4 heteroatoms. The fraction of sp³-hybridized carbons (Fsp3) is 0.533. The zero-order valence-electron chi connectivity index (χ0n) is 11.8. The molecule has 1 unspecified atom stereocenters. The molecule has 3 nitrogen and oxygen atoms in total. The molecule has 1 aromatic rings. The van der Waals surface area contributed by atoms with Gasteiger partial charge in [0.15, 0.2) is 0 Å². The van der Waals surface area contributed by atoms with E-state index in [1.165, 1.54) is 12.8 Å². The lowest BCUT2D eigenvalue weighted by molar-refractivity contribution is 0.257. The number of nitrogens with one attached hydrogen (secondary N) is 1. The van der Waals surface area contributed by atoms with Crippen molar-refractivity contribution < 1.29 is 0 Å². The number of anilines is 1. The van der Waals surface area contributed by atoms with Crippen molar-refractivity contribution in [3.63, 3.8) is 0 Å². The highest BCUT2D eigenvalue weighted by atomic mass is 32.2. The van der Waals surface area contributed by atoms with Crippen molar-refractivity contribution in [3.05, 3.63) is 23.8 Å². The Labute approximate surface area is 120 Å². The SMILES string of the molecule is CSc1cccc(NCC(C)N(C)C2CC2)c1C#N. The zero-order valence-corrected chi connectivity index (χ0v) is 12.6. The number of hydrogen-bond donors (Lipinski definition) is 1. The second-order valence-corrected chi connectivity index (χ2v) is 5.97. The van der Waals surface area contributed by atoms with E-state index in [2.05, 4.69) is 30.3 Å². The minimum absolute atomic E-state index is 0.483. The van der Waals surface area contributed by atoms with Crippen molar-refractivity contribution in [2.45, 2.75) is 36.7 Å². The lowest BCUT2D eigenvalue weighted by Crippen LogP contribution is -2.36. The highest BCUT2D eigenvalue weighted by Gasteiger charge is 2.28. The molecule has 0 radical (unpaired) electrons. The van der Waals surface area contributed by atoms with Gasteiger partial charge in [0.2, 0.25) is 0 Å². The van der Waals surface area contributed by atoms with Crippen molar-refractivity contribution in [2.24, 2.45) is 0 Å². The molecule has 1 fully saturated rings. The molecule has 1 aromatic carbocycles. The molecule has 1 atom stereocenters. The summed E-state index contributed by atoms with van der Waals surface area (Å²) in [4.78, 5) is 3.47. The van der Waals surface area contributed by atoms with Crippen LogP contribution in [0.2, 0.25) is 0 Å². The summed E-state index contributed by atoms with van der Waals surface area (Å²) in [5, 5.41) is 12.7. The van der Waals surface area contributed by atoms with Crippen molar-refractivity contribution in [1.29, 1.82) is 5.26 Å². The fourth-order valence-corrected chi connectivity index (χ4v) is 2.78. The highest BCUT2D eigenvalue weighted by Crippen LogP contribution is 2.28. The number of nitriles is 1. The largest absolute Gasteiger partial charge is 0.382 e. The van der Waals surface area contributed by atoms with Gasteiger partial charge in [-0.05, 0) is 45.2 Å². The van der Waals surface area contributed by atoms with E-state index in [0.29, 0.717) is 6.04 Å². The van der Waals surface area contributed by atoms with E-state index in [1.807, 2.05) is 24.5 Å². The van der Waals surface area contributed by atoms with E-state index in [4.69, 9.17) is 0 Å². The van der Waals surface area contributed by atoms with Crippen LogP contribution in [0.15, 0.2) is 23.1 Å². The molecular formula is C15H21N3S. The molecule has 0 heterocycles. The summed E-state index contributed by atoms with van der Waals surface area (Å²) in [6.45, 7) is 3.11. The minimum atomic E-state index is 0.483. The maximum atomic E-state index is 9.29. The summed E-state index contributed by atoms with van der Waals surface area (Å²) in [6, 6.07) is 9.54. The maximum Gasteiger partial charge on any atom is 0.102 e. The Kier molecular flexibility index (Phi) is 4.73. The van der Waals surface area contributed by atoms with Crippen LogP contribution in [-0.4, -0.2) is 36.8 Å². The Hall–Kier alpha value is -1.18. The predicted octanol–water partition coefficient (Wildman–Crippen LogP) is 3.17. The van der Waals surface area contributed by atoms with Crippen LogP contribution in [-0.2, 0) is 0 Å². The monoisotopic (exact) mass is 275 g/mol. The van der Waals surface area contributed by atoms with Crippen LogP contribution in [0.3, 0.4) is 0 Å². The van der Waals surface area contributed by atoms with E-state index in [-0.39, 0.29) is 0 Å². The van der Waals surface area contributed by atoms with Gasteiger partial charge in [-0.2, -0.15) is 5.26 Å². The van der Waals surface area contributed by atoms with E-state index in [0.717, 1.165) is 28.7 Å². The van der Waals surface area contributed by atoms with Gasteiger partial charge in [-0.25, -0.2) is 0 Å². The van der Waals surface area contributed by atoms with Crippen LogP contribution in [0.4, 0.5) is 5.69 Å². The fourth-order valence-electron chi connectivity index (χ4n) is 2.21. The van der Waals surface area contributed by atoms with Crippen LogP contribution < -0.4 is 5.32 Å². The third-order valence-electron chi connectivity index (χ3n) is 3.76. The Morgan fingerprint density at radius 3 is 2.84 bits per heavy atom. The first-order valence-electron chi connectivity index (χ1n) is 6.70. The summed E-state index contributed by atoms with van der Waals surface area (Å²) in [5.74, 6) is 0. The van der Waals surface area contributed by atoms with Gasteiger partial charge in [-0.1, -0.05) is 6.07 Å². The molecule has 0 bridgehead atoms.